The molecule has 0 radical (unpaired) electrons. The van der Waals surface area contributed by atoms with E-state index in [0.29, 0.717) is 33.8 Å². The van der Waals surface area contributed by atoms with Crippen LogP contribution in [0, 0.1) is 0 Å². The van der Waals surface area contributed by atoms with E-state index in [9.17, 15) is 9.59 Å². The molecule has 0 unspecified atom stereocenters. The van der Waals surface area contributed by atoms with E-state index < -0.39 is 0 Å². The minimum absolute atomic E-state index is 0.135. The second kappa shape index (κ2) is 6.61. The van der Waals surface area contributed by atoms with Crippen LogP contribution in [0.3, 0.4) is 0 Å². The first kappa shape index (κ1) is 17.0. The van der Waals surface area contributed by atoms with Crippen LogP contribution >= 0.6 is 11.6 Å². The molecule has 25 heavy (non-hydrogen) atoms. The fourth-order valence-electron chi connectivity index (χ4n) is 2.88. The zero-order valence-corrected chi connectivity index (χ0v) is 14.8. The molecule has 0 aliphatic heterocycles. The lowest BCUT2D eigenvalue weighted by Gasteiger charge is -2.14. The number of hydrogen-bond acceptors (Lipinski definition) is 4. The molecule has 3 rings (SSSR count). The number of carbonyl (C=O) groups is 1. The molecule has 0 spiro atoms. The largest absolute Gasteiger partial charge is 0.496 e. The highest BCUT2D eigenvalue weighted by atomic mass is 35.5. The molecule has 0 aliphatic carbocycles. The van der Waals surface area contributed by atoms with Crippen molar-refractivity contribution in [1.29, 1.82) is 0 Å². The molecule has 0 atom stereocenters. The zero-order valence-electron chi connectivity index (χ0n) is 14.0. The van der Waals surface area contributed by atoms with E-state index in [1.807, 2.05) is 0 Å². The van der Waals surface area contributed by atoms with Crippen molar-refractivity contribution in [2.45, 2.75) is 0 Å². The number of rotatable bonds is 4. The molecule has 1 heterocycles. The number of halogens is 1. The maximum absolute atomic E-state index is 12.4. The number of nitrogens with zero attached hydrogens (tertiary/aromatic N) is 1. The summed E-state index contributed by atoms with van der Waals surface area (Å²) in [6.45, 7) is 0. The van der Waals surface area contributed by atoms with Crippen molar-refractivity contribution in [2.75, 3.05) is 14.2 Å². The summed E-state index contributed by atoms with van der Waals surface area (Å²) in [5, 5.41) is 1.77. The van der Waals surface area contributed by atoms with Gasteiger partial charge in [-0.25, -0.2) is 0 Å². The Hall–Kier alpha value is -2.79. The minimum atomic E-state index is -0.135. The number of benzene rings is 2. The number of aldehydes is 1. The smallest absolute Gasteiger partial charge is 0.258 e. The van der Waals surface area contributed by atoms with Gasteiger partial charge in [-0.05, 0) is 35.2 Å². The summed E-state index contributed by atoms with van der Waals surface area (Å²) < 4.78 is 12.2. The lowest BCUT2D eigenvalue weighted by atomic mass is 9.98. The lowest BCUT2D eigenvalue weighted by Crippen LogP contribution is -2.16. The summed E-state index contributed by atoms with van der Waals surface area (Å²) in [7, 11) is 4.66. The summed E-state index contributed by atoms with van der Waals surface area (Å²) in [6.07, 6.45) is 2.44. The highest BCUT2D eigenvalue weighted by Gasteiger charge is 2.16. The maximum Gasteiger partial charge on any atom is 0.258 e. The van der Waals surface area contributed by atoms with E-state index in [2.05, 4.69) is 0 Å². The highest BCUT2D eigenvalue weighted by Crippen LogP contribution is 2.36. The summed E-state index contributed by atoms with van der Waals surface area (Å²) in [5.41, 5.74) is 1.78. The molecule has 0 saturated heterocycles. The quantitative estimate of drug-likeness (QED) is 0.668. The summed E-state index contributed by atoms with van der Waals surface area (Å²) >= 11 is 6.05. The molecular formula is C19H16ClNO4. The monoisotopic (exact) mass is 357 g/mol. The Labute approximate surface area is 149 Å². The van der Waals surface area contributed by atoms with Crippen molar-refractivity contribution in [3.63, 3.8) is 0 Å². The molecule has 0 bridgehead atoms. The van der Waals surface area contributed by atoms with Crippen LogP contribution in [0.2, 0.25) is 5.02 Å². The molecule has 0 amide bonds. The first-order chi connectivity index (χ1) is 12.0. The van der Waals surface area contributed by atoms with Crippen molar-refractivity contribution >= 4 is 28.7 Å². The van der Waals surface area contributed by atoms with Gasteiger partial charge in [0.2, 0.25) is 0 Å². The van der Waals surface area contributed by atoms with Gasteiger partial charge in [-0.2, -0.15) is 0 Å². The Kier molecular flexibility index (Phi) is 4.51. The fourth-order valence-corrected chi connectivity index (χ4v) is 3.05. The van der Waals surface area contributed by atoms with E-state index >= 15 is 0 Å². The standard InChI is InChI=1S/C19H16ClNO4/c1-21-9-15(13-5-4-12(20)8-14(13)19(21)23)11-6-17(24-2)16(10-22)18(7-11)25-3/h4-10H,1-3H3. The first-order valence-corrected chi connectivity index (χ1v) is 7.88. The second-order valence-corrected chi connectivity index (χ2v) is 6.00. The van der Waals surface area contributed by atoms with Gasteiger partial charge < -0.3 is 14.0 Å². The molecule has 128 valence electrons. The molecule has 5 nitrogen and oxygen atoms in total. The van der Waals surface area contributed by atoms with E-state index in [-0.39, 0.29) is 5.56 Å². The van der Waals surface area contributed by atoms with Crippen molar-refractivity contribution < 1.29 is 14.3 Å². The second-order valence-electron chi connectivity index (χ2n) is 5.56. The summed E-state index contributed by atoms with van der Waals surface area (Å²) in [6, 6.07) is 8.69. The van der Waals surface area contributed by atoms with Crippen LogP contribution in [0.4, 0.5) is 0 Å². The number of ether oxygens (including phenoxy) is 2. The van der Waals surface area contributed by atoms with Crippen LogP contribution in [0.15, 0.2) is 41.3 Å². The molecule has 6 heteroatoms. The van der Waals surface area contributed by atoms with Crippen LogP contribution in [0.5, 0.6) is 11.5 Å². The average molecular weight is 358 g/mol. The van der Waals surface area contributed by atoms with Gasteiger partial charge in [0.15, 0.2) is 6.29 Å². The Balaban J connectivity index is 2.39. The zero-order chi connectivity index (χ0) is 18.1. The molecule has 1 aromatic heterocycles. The van der Waals surface area contributed by atoms with Crippen LogP contribution < -0.4 is 15.0 Å². The third-order valence-electron chi connectivity index (χ3n) is 4.12. The van der Waals surface area contributed by atoms with E-state index in [4.69, 9.17) is 21.1 Å². The normalized spacial score (nSPS) is 10.7. The predicted molar refractivity (Wildman–Crippen MR) is 98.1 cm³/mol. The van der Waals surface area contributed by atoms with Gasteiger partial charge in [0.05, 0.1) is 19.8 Å². The van der Waals surface area contributed by atoms with Gasteiger partial charge in [-0.3, -0.25) is 9.59 Å². The first-order valence-electron chi connectivity index (χ1n) is 7.50. The van der Waals surface area contributed by atoms with Gasteiger partial charge in [-0.1, -0.05) is 17.7 Å². The van der Waals surface area contributed by atoms with E-state index in [1.54, 1.807) is 43.6 Å². The number of aryl methyl sites for hydroxylation is 1. The van der Waals surface area contributed by atoms with Gasteiger partial charge in [0.1, 0.15) is 11.5 Å². The van der Waals surface area contributed by atoms with Gasteiger partial charge in [-0.15, -0.1) is 0 Å². The number of hydrogen-bond donors (Lipinski definition) is 0. The molecule has 0 N–H and O–H groups in total. The summed E-state index contributed by atoms with van der Waals surface area (Å²) in [4.78, 5) is 23.8. The Morgan fingerprint density at radius 2 is 1.68 bits per heavy atom. The molecule has 0 saturated carbocycles. The topological polar surface area (TPSA) is 57.5 Å². The third kappa shape index (κ3) is 2.87. The fraction of sp³-hybridized carbons (Fsp3) is 0.158. The minimum Gasteiger partial charge on any atom is -0.496 e. The predicted octanol–water partition coefficient (Wildman–Crippen LogP) is 3.69. The van der Waals surface area contributed by atoms with Crippen molar-refractivity contribution in [1.82, 2.24) is 4.57 Å². The highest BCUT2D eigenvalue weighted by molar-refractivity contribution is 6.31. The number of fused-ring (bicyclic) bond motifs is 1. The van der Waals surface area contributed by atoms with Crippen LogP contribution in [0.1, 0.15) is 10.4 Å². The molecule has 0 aliphatic rings. The average Bonchev–Trinajstić information content (AvgIpc) is 2.63. The summed E-state index contributed by atoms with van der Waals surface area (Å²) in [5.74, 6) is 0.806. The molecule has 0 fully saturated rings. The van der Waals surface area contributed by atoms with Crippen molar-refractivity contribution in [2.24, 2.45) is 7.05 Å². The number of methoxy groups -OCH3 is 2. The van der Waals surface area contributed by atoms with Crippen molar-refractivity contribution in [3.8, 4) is 22.6 Å². The van der Waals surface area contributed by atoms with Gasteiger partial charge in [0, 0.05) is 29.2 Å². The number of aromatic nitrogens is 1. The maximum atomic E-state index is 12.4. The molecule has 2 aromatic carbocycles. The van der Waals surface area contributed by atoms with E-state index in [1.165, 1.54) is 18.8 Å². The Morgan fingerprint density at radius 1 is 1.04 bits per heavy atom. The number of pyridine rings is 1. The van der Waals surface area contributed by atoms with Crippen LogP contribution in [-0.4, -0.2) is 25.1 Å². The number of carbonyl (C=O) groups excluding carboxylic acids is 1. The van der Waals surface area contributed by atoms with Crippen LogP contribution in [0.25, 0.3) is 21.9 Å². The van der Waals surface area contributed by atoms with Crippen LogP contribution in [-0.2, 0) is 7.05 Å². The Morgan fingerprint density at radius 3 is 2.24 bits per heavy atom. The third-order valence-corrected chi connectivity index (χ3v) is 4.35. The SMILES string of the molecule is COc1cc(-c2cn(C)c(=O)c3cc(Cl)ccc23)cc(OC)c1C=O. The molecule has 3 aromatic rings. The van der Waals surface area contributed by atoms with Gasteiger partial charge >= 0.3 is 0 Å². The molecular weight excluding hydrogens is 342 g/mol. The van der Waals surface area contributed by atoms with Crippen molar-refractivity contribution in [3.05, 3.63) is 57.5 Å². The van der Waals surface area contributed by atoms with Gasteiger partial charge in [0.25, 0.3) is 5.56 Å². The Bertz CT molecular complexity index is 1010. The van der Waals surface area contributed by atoms with E-state index in [0.717, 1.165) is 16.5 Å². The lowest BCUT2D eigenvalue weighted by molar-refractivity contribution is 0.111.